The first kappa shape index (κ1) is 8.94. The van der Waals surface area contributed by atoms with E-state index in [9.17, 15) is 0 Å². The lowest BCUT2D eigenvalue weighted by molar-refractivity contribution is 0.767. The standard InChI is InChI=1S/C11H13N3/c1-9-3-4-12-7-11(9)5-10-6-13-14(2)8-10/h3-4,6-8H,5H2,1-2H3. The predicted octanol–water partition coefficient (Wildman–Crippen LogP) is 1.71. The fourth-order valence-electron chi connectivity index (χ4n) is 1.46. The van der Waals surface area contributed by atoms with Gasteiger partial charge in [-0.05, 0) is 29.7 Å². The summed E-state index contributed by atoms with van der Waals surface area (Å²) in [5, 5.41) is 4.14. The molecule has 0 saturated carbocycles. The molecule has 0 aromatic carbocycles. The van der Waals surface area contributed by atoms with Crippen LogP contribution in [0.4, 0.5) is 0 Å². The van der Waals surface area contributed by atoms with E-state index in [1.54, 1.807) is 0 Å². The highest BCUT2D eigenvalue weighted by Crippen LogP contribution is 2.11. The lowest BCUT2D eigenvalue weighted by Crippen LogP contribution is -1.91. The molecule has 14 heavy (non-hydrogen) atoms. The second-order valence-electron chi connectivity index (χ2n) is 3.50. The number of aromatic nitrogens is 3. The van der Waals surface area contributed by atoms with Gasteiger partial charge < -0.3 is 0 Å². The molecule has 0 aliphatic rings. The molecule has 0 radical (unpaired) electrons. The first-order valence-electron chi connectivity index (χ1n) is 4.63. The molecule has 0 aliphatic heterocycles. The highest BCUT2D eigenvalue weighted by atomic mass is 15.2. The van der Waals surface area contributed by atoms with Crippen LogP contribution in [0.5, 0.6) is 0 Å². The van der Waals surface area contributed by atoms with Crippen molar-refractivity contribution in [3.8, 4) is 0 Å². The van der Waals surface area contributed by atoms with Crippen LogP contribution in [-0.4, -0.2) is 14.8 Å². The lowest BCUT2D eigenvalue weighted by atomic mass is 10.1. The Morgan fingerprint density at radius 1 is 1.36 bits per heavy atom. The third-order valence-corrected chi connectivity index (χ3v) is 2.30. The van der Waals surface area contributed by atoms with Gasteiger partial charge in [0.15, 0.2) is 0 Å². The summed E-state index contributed by atoms with van der Waals surface area (Å²) in [4.78, 5) is 4.12. The van der Waals surface area contributed by atoms with E-state index < -0.39 is 0 Å². The predicted molar refractivity (Wildman–Crippen MR) is 55.0 cm³/mol. The molecule has 0 fully saturated rings. The van der Waals surface area contributed by atoms with E-state index in [-0.39, 0.29) is 0 Å². The fraction of sp³-hybridized carbons (Fsp3) is 0.273. The zero-order valence-corrected chi connectivity index (χ0v) is 8.44. The van der Waals surface area contributed by atoms with E-state index in [2.05, 4.69) is 17.0 Å². The van der Waals surface area contributed by atoms with Crippen molar-refractivity contribution in [2.24, 2.45) is 7.05 Å². The molecule has 3 heteroatoms. The van der Waals surface area contributed by atoms with Crippen LogP contribution >= 0.6 is 0 Å². The Hall–Kier alpha value is -1.64. The van der Waals surface area contributed by atoms with Crippen LogP contribution < -0.4 is 0 Å². The number of aryl methyl sites for hydroxylation is 2. The Morgan fingerprint density at radius 3 is 2.86 bits per heavy atom. The quantitative estimate of drug-likeness (QED) is 0.716. The summed E-state index contributed by atoms with van der Waals surface area (Å²) in [5.41, 5.74) is 3.77. The summed E-state index contributed by atoms with van der Waals surface area (Å²) in [6.45, 7) is 2.10. The number of hydrogen-bond donors (Lipinski definition) is 0. The zero-order valence-electron chi connectivity index (χ0n) is 8.44. The fourth-order valence-corrected chi connectivity index (χ4v) is 1.46. The Labute approximate surface area is 83.4 Å². The second-order valence-corrected chi connectivity index (χ2v) is 3.50. The molecule has 72 valence electrons. The van der Waals surface area contributed by atoms with Gasteiger partial charge in [-0.3, -0.25) is 9.67 Å². The molecule has 0 N–H and O–H groups in total. The molecule has 0 aliphatic carbocycles. The van der Waals surface area contributed by atoms with E-state index in [0.717, 1.165) is 6.42 Å². The van der Waals surface area contributed by atoms with Crippen LogP contribution in [0.25, 0.3) is 0 Å². The van der Waals surface area contributed by atoms with Gasteiger partial charge in [-0.1, -0.05) is 0 Å². The van der Waals surface area contributed by atoms with E-state index in [0.29, 0.717) is 0 Å². The highest BCUT2D eigenvalue weighted by molar-refractivity contribution is 5.27. The van der Waals surface area contributed by atoms with Crippen molar-refractivity contribution in [3.63, 3.8) is 0 Å². The van der Waals surface area contributed by atoms with E-state index in [1.165, 1.54) is 16.7 Å². The van der Waals surface area contributed by atoms with E-state index in [4.69, 9.17) is 0 Å². The smallest absolute Gasteiger partial charge is 0.0525 e. The van der Waals surface area contributed by atoms with Crippen molar-refractivity contribution in [1.82, 2.24) is 14.8 Å². The number of hydrogen-bond acceptors (Lipinski definition) is 2. The minimum absolute atomic E-state index is 0.910. The van der Waals surface area contributed by atoms with Gasteiger partial charge in [0.25, 0.3) is 0 Å². The largest absolute Gasteiger partial charge is 0.276 e. The van der Waals surface area contributed by atoms with Crippen molar-refractivity contribution in [1.29, 1.82) is 0 Å². The van der Waals surface area contributed by atoms with Crippen LogP contribution in [0, 0.1) is 6.92 Å². The molecule has 2 aromatic heterocycles. The van der Waals surface area contributed by atoms with Gasteiger partial charge >= 0.3 is 0 Å². The summed E-state index contributed by atoms with van der Waals surface area (Å²) in [7, 11) is 1.93. The molecule has 0 unspecified atom stereocenters. The van der Waals surface area contributed by atoms with E-state index >= 15 is 0 Å². The van der Waals surface area contributed by atoms with Crippen molar-refractivity contribution in [2.45, 2.75) is 13.3 Å². The monoisotopic (exact) mass is 187 g/mol. The normalized spacial score (nSPS) is 10.4. The molecule has 3 nitrogen and oxygen atoms in total. The average Bonchev–Trinajstić information content (AvgIpc) is 2.56. The third kappa shape index (κ3) is 1.82. The van der Waals surface area contributed by atoms with Gasteiger partial charge in [0.05, 0.1) is 6.20 Å². The maximum atomic E-state index is 4.14. The third-order valence-electron chi connectivity index (χ3n) is 2.30. The van der Waals surface area contributed by atoms with Crippen LogP contribution in [0.2, 0.25) is 0 Å². The van der Waals surface area contributed by atoms with Crippen LogP contribution in [0.1, 0.15) is 16.7 Å². The minimum Gasteiger partial charge on any atom is -0.276 e. The van der Waals surface area contributed by atoms with Gasteiger partial charge in [0, 0.05) is 32.1 Å². The Bertz CT molecular complexity index is 432. The number of pyridine rings is 1. The van der Waals surface area contributed by atoms with Gasteiger partial charge in [-0.25, -0.2) is 0 Å². The van der Waals surface area contributed by atoms with Crippen molar-refractivity contribution in [2.75, 3.05) is 0 Å². The molecule has 0 amide bonds. The molecule has 2 aromatic rings. The molecule has 2 heterocycles. The molecule has 0 atom stereocenters. The summed E-state index contributed by atoms with van der Waals surface area (Å²) < 4.78 is 1.82. The SMILES string of the molecule is Cc1ccncc1Cc1cnn(C)c1. The lowest BCUT2D eigenvalue weighted by Gasteiger charge is -2.01. The van der Waals surface area contributed by atoms with Crippen LogP contribution in [0.15, 0.2) is 30.9 Å². The maximum Gasteiger partial charge on any atom is 0.0525 e. The Kier molecular flexibility index (Phi) is 2.31. The molecular formula is C11H13N3. The number of rotatable bonds is 2. The summed E-state index contributed by atoms with van der Waals surface area (Å²) in [5.74, 6) is 0. The maximum absolute atomic E-state index is 4.14. The first-order chi connectivity index (χ1) is 6.75. The van der Waals surface area contributed by atoms with Crippen LogP contribution in [0.3, 0.4) is 0 Å². The Balaban J connectivity index is 2.23. The average molecular weight is 187 g/mol. The van der Waals surface area contributed by atoms with Gasteiger partial charge in [-0.2, -0.15) is 5.10 Å². The van der Waals surface area contributed by atoms with Crippen molar-refractivity contribution >= 4 is 0 Å². The van der Waals surface area contributed by atoms with Crippen molar-refractivity contribution in [3.05, 3.63) is 47.5 Å². The van der Waals surface area contributed by atoms with Crippen molar-refractivity contribution < 1.29 is 0 Å². The van der Waals surface area contributed by atoms with Gasteiger partial charge in [-0.15, -0.1) is 0 Å². The second kappa shape index (κ2) is 3.62. The first-order valence-corrected chi connectivity index (χ1v) is 4.63. The molecule has 0 bridgehead atoms. The summed E-state index contributed by atoms with van der Waals surface area (Å²) in [6.07, 6.45) is 8.58. The van der Waals surface area contributed by atoms with Gasteiger partial charge in [0.2, 0.25) is 0 Å². The van der Waals surface area contributed by atoms with E-state index in [1.807, 2.05) is 42.6 Å². The van der Waals surface area contributed by atoms with Gasteiger partial charge in [0.1, 0.15) is 0 Å². The molecular weight excluding hydrogens is 174 g/mol. The minimum atomic E-state index is 0.910. The topological polar surface area (TPSA) is 30.7 Å². The summed E-state index contributed by atoms with van der Waals surface area (Å²) >= 11 is 0. The zero-order chi connectivity index (χ0) is 9.97. The highest BCUT2D eigenvalue weighted by Gasteiger charge is 2.01. The molecule has 2 rings (SSSR count). The number of nitrogens with zero attached hydrogens (tertiary/aromatic N) is 3. The molecule has 0 saturated heterocycles. The Morgan fingerprint density at radius 2 is 2.21 bits per heavy atom. The van der Waals surface area contributed by atoms with Crippen LogP contribution in [-0.2, 0) is 13.5 Å². The molecule has 0 spiro atoms. The summed E-state index contributed by atoms with van der Waals surface area (Å²) in [6, 6.07) is 2.03.